The molecule has 6 nitrogen and oxygen atoms in total. The molecule has 1 fully saturated rings. The fraction of sp³-hybridized carbons (Fsp3) is 0.706. The van der Waals surface area contributed by atoms with Crippen LogP contribution in [0.5, 0.6) is 0 Å². The van der Waals surface area contributed by atoms with Crippen molar-refractivity contribution in [1.82, 2.24) is 10.2 Å². The predicted octanol–water partition coefficient (Wildman–Crippen LogP) is 2.33. The van der Waals surface area contributed by atoms with Crippen LogP contribution in [0.25, 0.3) is 0 Å². The highest BCUT2D eigenvalue weighted by molar-refractivity contribution is 5.86. The van der Waals surface area contributed by atoms with E-state index in [0.717, 1.165) is 38.5 Å². The summed E-state index contributed by atoms with van der Waals surface area (Å²) in [6.07, 6.45) is 1.17. The van der Waals surface area contributed by atoms with E-state index in [0.29, 0.717) is 13.2 Å². The third-order valence-corrected chi connectivity index (χ3v) is 4.25. The molecule has 0 bridgehead atoms. The molecule has 2 heterocycles. The highest BCUT2D eigenvalue weighted by Gasteiger charge is 2.31. The zero-order valence-electron chi connectivity index (χ0n) is 14.8. The second kappa shape index (κ2) is 10.0. The lowest BCUT2D eigenvalue weighted by atomic mass is 9.89. The molecule has 1 aliphatic heterocycles. The van der Waals surface area contributed by atoms with Gasteiger partial charge in [0.05, 0.1) is 20.3 Å². The van der Waals surface area contributed by atoms with Crippen LogP contribution in [0.2, 0.25) is 0 Å². The van der Waals surface area contributed by atoms with Crippen LogP contribution in [0.1, 0.15) is 36.6 Å². The Morgan fingerprint density at radius 3 is 2.88 bits per heavy atom. The number of esters is 1. The Labute approximate surface area is 150 Å². The Kier molecular flexibility index (Phi) is 8.76. The van der Waals surface area contributed by atoms with Gasteiger partial charge in [0.1, 0.15) is 5.76 Å². The Balaban J connectivity index is 0.00000288. The highest BCUT2D eigenvalue weighted by Crippen LogP contribution is 2.26. The normalized spacial score (nSPS) is 20.2. The Hall–Kier alpha value is -1.08. The van der Waals surface area contributed by atoms with Gasteiger partial charge in [-0.15, -0.1) is 12.4 Å². The van der Waals surface area contributed by atoms with Crippen molar-refractivity contribution in [2.75, 3.05) is 46.5 Å². The fourth-order valence-electron chi connectivity index (χ4n) is 2.99. The van der Waals surface area contributed by atoms with Crippen molar-refractivity contribution in [3.63, 3.8) is 0 Å². The molecule has 1 aliphatic rings. The van der Waals surface area contributed by atoms with E-state index < -0.39 is 5.97 Å². The number of furan rings is 1. The van der Waals surface area contributed by atoms with Crippen LogP contribution in [0.4, 0.5) is 0 Å². The van der Waals surface area contributed by atoms with Gasteiger partial charge in [-0.3, -0.25) is 4.90 Å². The van der Waals surface area contributed by atoms with Gasteiger partial charge >= 0.3 is 5.97 Å². The van der Waals surface area contributed by atoms with Crippen LogP contribution >= 0.6 is 12.4 Å². The summed E-state index contributed by atoms with van der Waals surface area (Å²) >= 11 is 0. The molecule has 1 unspecified atom stereocenters. The molecule has 1 aromatic rings. The lowest BCUT2D eigenvalue weighted by Crippen LogP contribution is -2.38. The van der Waals surface area contributed by atoms with E-state index in [1.807, 2.05) is 13.0 Å². The summed E-state index contributed by atoms with van der Waals surface area (Å²) in [5.41, 5.74) is 0.268. The molecular weight excluding hydrogens is 332 g/mol. The van der Waals surface area contributed by atoms with Crippen LogP contribution in [-0.2, 0) is 16.0 Å². The first kappa shape index (κ1) is 21.0. The summed E-state index contributed by atoms with van der Waals surface area (Å²) in [4.78, 5) is 13.8. The number of nitrogens with zero attached hydrogens (tertiary/aromatic N) is 1. The summed E-state index contributed by atoms with van der Waals surface area (Å²) in [6, 6.07) is 3.51. The van der Waals surface area contributed by atoms with Crippen molar-refractivity contribution in [3.05, 3.63) is 23.7 Å². The summed E-state index contributed by atoms with van der Waals surface area (Å²) in [5.74, 6) is 0.585. The zero-order chi connectivity index (χ0) is 16.7. The van der Waals surface area contributed by atoms with Crippen molar-refractivity contribution < 1.29 is 18.7 Å². The fourth-order valence-corrected chi connectivity index (χ4v) is 2.99. The largest absolute Gasteiger partial charge is 0.463 e. The monoisotopic (exact) mass is 360 g/mol. The van der Waals surface area contributed by atoms with E-state index in [-0.39, 0.29) is 23.6 Å². The van der Waals surface area contributed by atoms with E-state index >= 15 is 0 Å². The third-order valence-electron chi connectivity index (χ3n) is 4.25. The van der Waals surface area contributed by atoms with Gasteiger partial charge in [0.15, 0.2) is 0 Å². The molecule has 0 amide bonds. The van der Waals surface area contributed by atoms with Crippen LogP contribution < -0.4 is 5.32 Å². The van der Waals surface area contributed by atoms with Crippen LogP contribution in [0, 0.1) is 5.41 Å². The second-order valence-corrected chi connectivity index (χ2v) is 6.40. The van der Waals surface area contributed by atoms with Crippen molar-refractivity contribution in [2.45, 2.75) is 26.8 Å². The van der Waals surface area contributed by atoms with Gasteiger partial charge in [0.25, 0.3) is 0 Å². The maximum absolute atomic E-state index is 11.5. The average molecular weight is 361 g/mol. The van der Waals surface area contributed by atoms with Crippen molar-refractivity contribution in [3.8, 4) is 0 Å². The van der Waals surface area contributed by atoms with Crippen molar-refractivity contribution in [2.24, 2.45) is 5.41 Å². The smallest absolute Gasteiger partial charge is 0.373 e. The standard InChI is InChI=1S/C17H28N2O4.ClH/c1-4-22-10-9-19(13-17(2)7-8-18-12-17)11-14-5-6-15(23-14)16(20)21-3;/h5-6,18H,4,7-13H2,1-3H3;1H. The molecule has 0 spiro atoms. The predicted molar refractivity (Wildman–Crippen MR) is 94.7 cm³/mol. The summed E-state index contributed by atoms with van der Waals surface area (Å²) in [5, 5.41) is 3.43. The van der Waals surface area contributed by atoms with Crippen molar-refractivity contribution >= 4 is 18.4 Å². The SMILES string of the molecule is CCOCCN(Cc1ccc(C(=O)OC)o1)CC1(C)CCNC1.Cl. The number of carbonyl (C=O) groups is 1. The molecule has 7 heteroatoms. The van der Waals surface area contributed by atoms with Crippen LogP contribution in [0.15, 0.2) is 16.5 Å². The van der Waals surface area contributed by atoms with Crippen LogP contribution in [0.3, 0.4) is 0 Å². The van der Waals surface area contributed by atoms with E-state index in [1.165, 1.54) is 13.5 Å². The lowest BCUT2D eigenvalue weighted by molar-refractivity contribution is 0.0556. The highest BCUT2D eigenvalue weighted by atomic mass is 35.5. The molecular formula is C17H29ClN2O4. The third kappa shape index (κ3) is 6.09. The van der Waals surface area contributed by atoms with E-state index in [4.69, 9.17) is 9.15 Å². The number of hydrogen-bond donors (Lipinski definition) is 1. The summed E-state index contributed by atoms with van der Waals surface area (Å²) in [7, 11) is 1.35. The number of nitrogens with one attached hydrogen (secondary N) is 1. The zero-order valence-corrected chi connectivity index (χ0v) is 15.6. The first-order valence-electron chi connectivity index (χ1n) is 8.24. The lowest BCUT2D eigenvalue weighted by Gasteiger charge is -2.31. The Bertz CT molecular complexity index is 501. The van der Waals surface area contributed by atoms with Gasteiger partial charge in [-0.05, 0) is 37.4 Å². The number of carbonyl (C=O) groups excluding carboxylic acids is 1. The molecule has 1 atom stereocenters. The Morgan fingerprint density at radius 1 is 1.46 bits per heavy atom. The minimum atomic E-state index is -0.441. The maximum atomic E-state index is 11.5. The number of halogens is 1. The minimum absolute atomic E-state index is 0. The first-order chi connectivity index (χ1) is 11.1. The minimum Gasteiger partial charge on any atom is -0.463 e. The number of rotatable bonds is 9. The topological polar surface area (TPSA) is 63.9 Å². The van der Waals surface area contributed by atoms with Gasteiger partial charge in [-0.1, -0.05) is 6.92 Å². The van der Waals surface area contributed by atoms with E-state index in [1.54, 1.807) is 6.07 Å². The quantitative estimate of drug-likeness (QED) is 0.538. The molecule has 138 valence electrons. The molecule has 0 aromatic carbocycles. The number of hydrogen-bond acceptors (Lipinski definition) is 6. The van der Waals surface area contributed by atoms with Gasteiger partial charge in [0, 0.05) is 26.2 Å². The maximum Gasteiger partial charge on any atom is 0.373 e. The number of ether oxygens (including phenoxy) is 2. The van der Waals surface area contributed by atoms with Crippen LogP contribution in [-0.4, -0.2) is 57.4 Å². The molecule has 1 N–H and O–H groups in total. The van der Waals surface area contributed by atoms with E-state index in [2.05, 4.69) is 21.9 Å². The Morgan fingerprint density at radius 2 is 2.25 bits per heavy atom. The molecule has 1 aromatic heterocycles. The molecule has 2 rings (SSSR count). The molecule has 1 saturated heterocycles. The molecule has 0 radical (unpaired) electrons. The van der Waals surface area contributed by atoms with Gasteiger partial charge in [-0.25, -0.2) is 4.79 Å². The van der Waals surface area contributed by atoms with E-state index in [9.17, 15) is 4.79 Å². The first-order valence-corrected chi connectivity index (χ1v) is 8.24. The van der Waals surface area contributed by atoms with Gasteiger partial charge in [-0.2, -0.15) is 0 Å². The average Bonchev–Trinajstić information content (AvgIpc) is 3.16. The van der Waals surface area contributed by atoms with Crippen molar-refractivity contribution in [1.29, 1.82) is 0 Å². The molecule has 0 aliphatic carbocycles. The number of methoxy groups -OCH3 is 1. The molecule has 24 heavy (non-hydrogen) atoms. The second-order valence-electron chi connectivity index (χ2n) is 6.40. The summed E-state index contributed by atoms with van der Waals surface area (Å²) < 4.78 is 15.8. The van der Waals surface area contributed by atoms with Gasteiger partial charge in [0.2, 0.25) is 5.76 Å². The summed E-state index contributed by atoms with van der Waals surface area (Å²) in [6.45, 7) is 10.3. The van der Waals surface area contributed by atoms with Gasteiger partial charge < -0.3 is 19.2 Å². The molecule has 0 saturated carbocycles.